The molecule has 0 fully saturated rings. The number of nitrogens with one attached hydrogen (secondary N) is 1. The first-order valence-electron chi connectivity index (χ1n) is 10.1. The minimum absolute atomic E-state index is 0.127. The number of ether oxygens (including phenoxy) is 1. The number of benzene rings is 4. The highest BCUT2D eigenvalue weighted by Crippen LogP contribution is 2.27. The molecular weight excluding hydrogens is 487 g/mol. The highest BCUT2D eigenvalue weighted by molar-refractivity contribution is 9.10. The van der Waals surface area contributed by atoms with Crippen LogP contribution in [-0.2, 0) is 11.2 Å². The molecule has 0 radical (unpaired) electrons. The lowest BCUT2D eigenvalue weighted by Crippen LogP contribution is -2.19. The molecule has 0 aromatic heterocycles. The Labute approximate surface area is 198 Å². The van der Waals surface area contributed by atoms with Crippen LogP contribution in [0.3, 0.4) is 0 Å². The third kappa shape index (κ3) is 5.70. The summed E-state index contributed by atoms with van der Waals surface area (Å²) in [5, 5.41) is 6.05. The zero-order chi connectivity index (χ0) is 23.2. The smallest absolute Gasteiger partial charge is 0.343 e. The van der Waals surface area contributed by atoms with Gasteiger partial charge >= 0.3 is 5.97 Å². The fourth-order valence-electron chi connectivity index (χ4n) is 3.27. The molecule has 164 valence electrons. The SMILES string of the molecule is O=C(Cc1ccc(Br)c2ccccc12)N/N=C/c1ccc(OC(=O)c2cccc(F)c2)cc1. The molecule has 0 saturated heterocycles. The molecule has 1 N–H and O–H groups in total. The monoisotopic (exact) mass is 504 g/mol. The van der Waals surface area contributed by atoms with Crippen molar-refractivity contribution >= 4 is 44.8 Å². The topological polar surface area (TPSA) is 67.8 Å². The molecule has 5 nitrogen and oxygen atoms in total. The third-order valence-electron chi connectivity index (χ3n) is 4.87. The normalized spacial score (nSPS) is 11.0. The molecule has 0 unspecified atom stereocenters. The summed E-state index contributed by atoms with van der Waals surface area (Å²) in [4.78, 5) is 24.4. The van der Waals surface area contributed by atoms with Crippen LogP contribution >= 0.6 is 15.9 Å². The van der Waals surface area contributed by atoms with Gasteiger partial charge in [0, 0.05) is 4.47 Å². The van der Waals surface area contributed by atoms with E-state index in [4.69, 9.17) is 4.74 Å². The molecule has 0 bridgehead atoms. The Kier molecular flexibility index (Phi) is 6.90. The first kappa shape index (κ1) is 22.4. The van der Waals surface area contributed by atoms with E-state index < -0.39 is 11.8 Å². The fourth-order valence-corrected chi connectivity index (χ4v) is 3.75. The van der Waals surface area contributed by atoms with E-state index in [-0.39, 0.29) is 17.9 Å². The van der Waals surface area contributed by atoms with Crippen molar-refractivity contribution in [2.75, 3.05) is 0 Å². The van der Waals surface area contributed by atoms with Gasteiger partial charge in [-0.05, 0) is 70.4 Å². The molecule has 4 rings (SSSR count). The maximum Gasteiger partial charge on any atom is 0.343 e. The molecular formula is C26H18BrFN2O3. The highest BCUT2D eigenvalue weighted by atomic mass is 79.9. The Balaban J connectivity index is 1.34. The number of rotatable bonds is 6. The van der Waals surface area contributed by atoms with Gasteiger partial charge in [0.15, 0.2) is 0 Å². The van der Waals surface area contributed by atoms with Crippen molar-refractivity contribution < 1.29 is 18.7 Å². The molecule has 4 aromatic rings. The number of amides is 1. The summed E-state index contributed by atoms with van der Waals surface area (Å²) in [6.45, 7) is 0. The number of carbonyl (C=O) groups excluding carboxylic acids is 2. The zero-order valence-corrected chi connectivity index (χ0v) is 18.9. The van der Waals surface area contributed by atoms with Gasteiger partial charge in [-0.15, -0.1) is 0 Å². The Morgan fingerprint density at radius 3 is 2.45 bits per heavy atom. The first-order chi connectivity index (χ1) is 16.0. The molecule has 0 aliphatic rings. The van der Waals surface area contributed by atoms with Crippen molar-refractivity contribution in [2.24, 2.45) is 5.10 Å². The zero-order valence-electron chi connectivity index (χ0n) is 17.3. The predicted octanol–water partition coefficient (Wildman–Crippen LogP) is 5.65. The number of fused-ring (bicyclic) bond motifs is 1. The van der Waals surface area contributed by atoms with Crippen molar-refractivity contribution in [3.8, 4) is 5.75 Å². The molecule has 7 heteroatoms. The standard InChI is InChI=1S/C26H18BrFN2O3/c27-24-13-10-18(22-6-1-2-7-23(22)24)15-25(31)30-29-16-17-8-11-21(12-9-17)33-26(32)19-4-3-5-20(28)14-19/h1-14,16H,15H2,(H,30,31)/b29-16+. The van der Waals surface area contributed by atoms with E-state index in [0.29, 0.717) is 11.3 Å². The van der Waals surface area contributed by atoms with Crippen molar-refractivity contribution in [1.82, 2.24) is 5.43 Å². The molecule has 0 saturated carbocycles. The van der Waals surface area contributed by atoms with Crippen LogP contribution in [-0.4, -0.2) is 18.1 Å². The van der Waals surface area contributed by atoms with Crippen LogP contribution in [0, 0.1) is 5.82 Å². The number of hydrogen-bond donors (Lipinski definition) is 1. The van der Waals surface area contributed by atoms with Gasteiger partial charge in [-0.2, -0.15) is 5.10 Å². The third-order valence-corrected chi connectivity index (χ3v) is 5.56. The molecule has 0 aliphatic carbocycles. The lowest BCUT2D eigenvalue weighted by atomic mass is 10.0. The average Bonchev–Trinajstić information content (AvgIpc) is 2.82. The minimum Gasteiger partial charge on any atom is -0.423 e. The van der Waals surface area contributed by atoms with Gasteiger partial charge in [-0.3, -0.25) is 4.79 Å². The Bertz CT molecular complexity index is 1350. The van der Waals surface area contributed by atoms with Gasteiger partial charge in [-0.1, -0.05) is 52.3 Å². The van der Waals surface area contributed by atoms with Gasteiger partial charge in [0.05, 0.1) is 18.2 Å². The van der Waals surface area contributed by atoms with E-state index in [9.17, 15) is 14.0 Å². The van der Waals surface area contributed by atoms with Crippen LogP contribution in [0.5, 0.6) is 5.75 Å². The quantitative estimate of drug-likeness (QED) is 0.159. The molecule has 0 aliphatic heterocycles. The Hall–Kier alpha value is -3.84. The lowest BCUT2D eigenvalue weighted by molar-refractivity contribution is -0.120. The average molecular weight is 505 g/mol. The summed E-state index contributed by atoms with van der Waals surface area (Å²) in [5.74, 6) is -1.08. The van der Waals surface area contributed by atoms with Crippen LogP contribution in [0.2, 0.25) is 0 Å². The molecule has 0 heterocycles. The van der Waals surface area contributed by atoms with Gasteiger partial charge in [-0.25, -0.2) is 14.6 Å². The van der Waals surface area contributed by atoms with Crippen LogP contribution < -0.4 is 10.2 Å². The number of hydrazone groups is 1. The fraction of sp³-hybridized carbons (Fsp3) is 0.0385. The van der Waals surface area contributed by atoms with Crippen LogP contribution in [0.15, 0.2) is 94.5 Å². The van der Waals surface area contributed by atoms with Crippen LogP contribution in [0.25, 0.3) is 10.8 Å². The van der Waals surface area contributed by atoms with Gasteiger partial charge in [0.1, 0.15) is 11.6 Å². The number of carbonyl (C=O) groups is 2. The Morgan fingerprint density at radius 1 is 0.939 bits per heavy atom. The number of nitrogens with zero attached hydrogens (tertiary/aromatic N) is 1. The summed E-state index contributed by atoms with van der Waals surface area (Å²) in [7, 11) is 0. The van der Waals surface area contributed by atoms with Crippen molar-refractivity contribution in [3.05, 3.63) is 112 Å². The maximum atomic E-state index is 13.2. The molecule has 33 heavy (non-hydrogen) atoms. The molecule has 4 aromatic carbocycles. The Morgan fingerprint density at radius 2 is 1.70 bits per heavy atom. The van der Waals surface area contributed by atoms with Crippen LogP contribution in [0.4, 0.5) is 4.39 Å². The first-order valence-corrected chi connectivity index (χ1v) is 10.8. The van der Waals surface area contributed by atoms with E-state index in [0.717, 1.165) is 26.9 Å². The highest BCUT2D eigenvalue weighted by Gasteiger charge is 2.10. The summed E-state index contributed by atoms with van der Waals surface area (Å²) < 4.78 is 19.5. The number of esters is 1. The van der Waals surface area contributed by atoms with E-state index in [1.807, 2.05) is 36.4 Å². The van der Waals surface area contributed by atoms with E-state index in [1.165, 1.54) is 24.4 Å². The van der Waals surface area contributed by atoms with Gasteiger partial charge in [0.25, 0.3) is 0 Å². The predicted molar refractivity (Wildman–Crippen MR) is 129 cm³/mol. The molecule has 0 atom stereocenters. The van der Waals surface area contributed by atoms with E-state index >= 15 is 0 Å². The summed E-state index contributed by atoms with van der Waals surface area (Å²) in [6.07, 6.45) is 1.69. The second kappa shape index (κ2) is 10.2. The molecule has 1 amide bonds. The summed E-state index contributed by atoms with van der Waals surface area (Å²) in [6, 6.07) is 23.6. The van der Waals surface area contributed by atoms with Crippen molar-refractivity contribution in [2.45, 2.75) is 6.42 Å². The van der Waals surface area contributed by atoms with Gasteiger partial charge in [0.2, 0.25) is 5.91 Å². The van der Waals surface area contributed by atoms with Crippen LogP contribution in [0.1, 0.15) is 21.5 Å². The van der Waals surface area contributed by atoms with E-state index in [2.05, 4.69) is 26.5 Å². The molecule has 0 spiro atoms. The number of halogens is 2. The van der Waals surface area contributed by atoms with Gasteiger partial charge < -0.3 is 4.74 Å². The van der Waals surface area contributed by atoms with Crippen molar-refractivity contribution in [1.29, 1.82) is 0 Å². The lowest BCUT2D eigenvalue weighted by Gasteiger charge is -2.07. The largest absolute Gasteiger partial charge is 0.423 e. The van der Waals surface area contributed by atoms with E-state index in [1.54, 1.807) is 24.3 Å². The minimum atomic E-state index is -0.649. The van der Waals surface area contributed by atoms with Crippen molar-refractivity contribution in [3.63, 3.8) is 0 Å². The second-order valence-corrected chi connectivity index (χ2v) is 8.05. The summed E-state index contributed by atoms with van der Waals surface area (Å²) in [5.41, 5.74) is 4.27. The number of hydrogen-bond acceptors (Lipinski definition) is 4. The summed E-state index contributed by atoms with van der Waals surface area (Å²) >= 11 is 3.53. The maximum absolute atomic E-state index is 13.2. The second-order valence-electron chi connectivity index (χ2n) is 7.19.